The first-order chi connectivity index (χ1) is 9.26. The van der Waals surface area contributed by atoms with Gasteiger partial charge in [0.15, 0.2) is 10.8 Å². The van der Waals surface area contributed by atoms with E-state index in [1.807, 2.05) is 19.4 Å². The Bertz CT molecular complexity index is 573. The molecule has 3 rings (SSSR count). The molecule has 2 aromatic rings. The molecule has 2 aromatic heterocycles. The van der Waals surface area contributed by atoms with Gasteiger partial charge >= 0.3 is 0 Å². The summed E-state index contributed by atoms with van der Waals surface area (Å²) in [6, 6.07) is 2.08. The molecule has 0 unspecified atom stereocenters. The molecule has 0 radical (unpaired) electrons. The Balaban J connectivity index is 2.01. The van der Waals surface area contributed by atoms with Crippen molar-refractivity contribution >= 4 is 17.2 Å². The molecule has 0 aromatic carbocycles. The Kier molecular flexibility index (Phi) is 3.46. The van der Waals surface area contributed by atoms with E-state index in [0.717, 1.165) is 22.3 Å². The van der Waals surface area contributed by atoms with Crippen molar-refractivity contribution in [2.24, 2.45) is 0 Å². The monoisotopic (exact) mass is 274 g/mol. The van der Waals surface area contributed by atoms with E-state index in [2.05, 4.69) is 21.4 Å². The summed E-state index contributed by atoms with van der Waals surface area (Å²) >= 11 is 1.61. The largest absolute Gasteiger partial charge is 0.373 e. The summed E-state index contributed by atoms with van der Waals surface area (Å²) in [7, 11) is 1.90. The lowest BCUT2D eigenvalue weighted by Crippen LogP contribution is -2.03. The van der Waals surface area contributed by atoms with Gasteiger partial charge in [-0.3, -0.25) is 0 Å². The Morgan fingerprint density at radius 2 is 2.00 bits per heavy atom. The minimum Gasteiger partial charge on any atom is -0.373 e. The predicted octanol–water partition coefficient (Wildman–Crippen LogP) is 3.61. The number of aromatic nitrogens is 3. The fourth-order valence-electron chi connectivity index (χ4n) is 2.58. The number of hydrogen-bond donors (Lipinski definition) is 1. The molecule has 1 fully saturated rings. The lowest BCUT2D eigenvalue weighted by Gasteiger charge is -2.11. The summed E-state index contributed by atoms with van der Waals surface area (Å²) in [6.07, 6.45) is 5.12. The first kappa shape index (κ1) is 12.5. The second-order valence-electron chi connectivity index (χ2n) is 5.03. The van der Waals surface area contributed by atoms with Crippen molar-refractivity contribution in [1.82, 2.24) is 15.0 Å². The van der Waals surface area contributed by atoms with Gasteiger partial charge in [0.25, 0.3) is 0 Å². The topological polar surface area (TPSA) is 50.7 Å². The van der Waals surface area contributed by atoms with Gasteiger partial charge in [0.2, 0.25) is 0 Å². The molecular formula is C14H18N4S. The molecule has 1 aliphatic carbocycles. The number of aryl methyl sites for hydroxylation is 1. The molecule has 4 nitrogen and oxygen atoms in total. The number of nitrogens with zero attached hydrogens (tertiary/aromatic N) is 3. The van der Waals surface area contributed by atoms with Gasteiger partial charge < -0.3 is 5.32 Å². The predicted molar refractivity (Wildman–Crippen MR) is 78.6 cm³/mol. The van der Waals surface area contributed by atoms with Crippen molar-refractivity contribution in [2.75, 3.05) is 12.4 Å². The van der Waals surface area contributed by atoms with Gasteiger partial charge in [-0.15, -0.1) is 11.3 Å². The highest BCUT2D eigenvalue weighted by Gasteiger charge is 2.20. The number of hydrogen-bond acceptors (Lipinski definition) is 5. The van der Waals surface area contributed by atoms with Crippen LogP contribution in [-0.4, -0.2) is 22.0 Å². The smallest absolute Gasteiger partial charge is 0.190 e. The summed E-state index contributed by atoms with van der Waals surface area (Å²) in [6.45, 7) is 2.00. The van der Waals surface area contributed by atoms with E-state index in [4.69, 9.17) is 4.98 Å². The highest BCUT2D eigenvalue weighted by Crippen LogP contribution is 2.34. The SMILES string of the molecule is CNc1cc(C2CCCC2)nc(-c2nc(C)cs2)n1. The van der Waals surface area contributed by atoms with Crippen LogP contribution in [0.15, 0.2) is 11.4 Å². The van der Waals surface area contributed by atoms with Gasteiger partial charge in [0, 0.05) is 35.8 Å². The highest BCUT2D eigenvalue weighted by atomic mass is 32.1. The van der Waals surface area contributed by atoms with E-state index in [-0.39, 0.29) is 0 Å². The Hall–Kier alpha value is -1.49. The Morgan fingerprint density at radius 1 is 1.21 bits per heavy atom. The standard InChI is InChI=1S/C14H18N4S/c1-9-8-19-14(16-9)13-17-11(7-12(15-2)18-13)10-5-3-4-6-10/h7-8,10H,3-6H2,1-2H3,(H,15,17,18). The summed E-state index contributed by atoms with van der Waals surface area (Å²) in [5.74, 6) is 2.24. The number of rotatable bonds is 3. The maximum atomic E-state index is 4.74. The molecule has 0 amide bonds. The normalized spacial score (nSPS) is 15.9. The van der Waals surface area contributed by atoms with E-state index in [1.54, 1.807) is 11.3 Å². The zero-order valence-electron chi connectivity index (χ0n) is 11.3. The fourth-order valence-corrected chi connectivity index (χ4v) is 3.31. The van der Waals surface area contributed by atoms with Crippen LogP contribution in [0.4, 0.5) is 5.82 Å². The first-order valence-corrected chi connectivity index (χ1v) is 7.63. The summed E-state index contributed by atoms with van der Waals surface area (Å²) in [5.41, 5.74) is 2.19. The molecule has 100 valence electrons. The van der Waals surface area contributed by atoms with Crippen LogP contribution < -0.4 is 5.32 Å². The fraction of sp³-hybridized carbons (Fsp3) is 0.500. The molecule has 2 heterocycles. The van der Waals surface area contributed by atoms with Crippen molar-refractivity contribution < 1.29 is 0 Å². The molecule has 19 heavy (non-hydrogen) atoms. The lowest BCUT2D eigenvalue weighted by molar-refractivity contribution is 0.696. The van der Waals surface area contributed by atoms with E-state index in [0.29, 0.717) is 5.92 Å². The van der Waals surface area contributed by atoms with Crippen molar-refractivity contribution in [2.45, 2.75) is 38.5 Å². The molecule has 0 spiro atoms. The average Bonchev–Trinajstić information content (AvgIpc) is 3.09. The molecule has 0 saturated heterocycles. The minimum absolute atomic E-state index is 0.593. The van der Waals surface area contributed by atoms with Crippen LogP contribution in [0, 0.1) is 6.92 Å². The molecule has 5 heteroatoms. The van der Waals surface area contributed by atoms with Gasteiger partial charge in [0.05, 0.1) is 0 Å². The van der Waals surface area contributed by atoms with E-state index < -0.39 is 0 Å². The van der Waals surface area contributed by atoms with E-state index >= 15 is 0 Å². The molecule has 1 saturated carbocycles. The highest BCUT2D eigenvalue weighted by molar-refractivity contribution is 7.13. The maximum absolute atomic E-state index is 4.74. The molecule has 0 atom stereocenters. The van der Waals surface area contributed by atoms with Crippen molar-refractivity contribution in [3.63, 3.8) is 0 Å². The van der Waals surface area contributed by atoms with Crippen LogP contribution >= 0.6 is 11.3 Å². The lowest BCUT2D eigenvalue weighted by atomic mass is 10.0. The number of nitrogens with one attached hydrogen (secondary N) is 1. The zero-order chi connectivity index (χ0) is 13.2. The number of anilines is 1. The third kappa shape index (κ3) is 2.61. The second kappa shape index (κ2) is 5.25. The summed E-state index contributed by atoms with van der Waals surface area (Å²) < 4.78 is 0. The van der Waals surface area contributed by atoms with Crippen LogP contribution in [-0.2, 0) is 0 Å². The molecule has 1 aliphatic rings. The van der Waals surface area contributed by atoms with Gasteiger partial charge in [-0.2, -0.15) is 0 Å². The van der Waals surface area contributed by atoms with Gasteiger partial charge in [-0.1, -0.05) is 12.8 Å². The van der Waals surface area contributed by atoms with Gasteiger partial charge in [0.1, 0.15) is 5.82 Å². The Morgan fingerprint density at radius 3 is 2.63 bits per heavy atom. The second-order valence-corrected chi connectivity index (χ2v) is 5.89. The number of thiazole rings is 1. The van der Waals surface area contributed by atoms with Crippen molar-refractivity contribution in [3.05, 3.63) is 22.8 Å². The minimum atomic E-state index is 0.593. The third-order valence-electron chi connectivity index (χ3n) is 3.59. The zero-order valence-corrected chi connectivity index (χ0v) is 12.1. The van der Waals surface area contributed by atoms with Gasteiger partial charge in [-0.05, 0) is 19.8 Å². The molecule has 0 aliphatic heterocycles. The van der Waals surface area contributed by atoms with E-state index in [9.17, 15) is 0 Å². The first-order valence-electron chi connectivity index (χ1n) is 6.75. The molecule has 0 bridgehead atoms. The van der Waals surface area contributed by atoms with Crippen LogP contribution in [0.3, 0.4) is 0 Å². The Labute approximate surface area is 117 Å². The van der Waals surface area contributed by atoms with Crippen molar-refractivity contribution in [3.8, 4) is 10.8 Å². The van der Waals surface area contributed by atoms with E-state index in [1.165, 1.54) is 31.4 Å². The van der Waals surface area contributed by atoms with Crippen LogP contribution in [0.1, 0.15) is 43.0 Å². The molecular weight excluding hydrogens is 256 g/mol. The third-order valence-corrected chi connectivity index (χ3v) is 4.54. The van der Waals surface area contributed by atoms with Crippen LogP contribution in [0.5, 0.6) is 0 Å². The molecule has 1 N–H and O–H groups in total. The van der Waals surface area contributed by atoms with Crippen molar-refractivity contribution in [1.29, 1.82) is 0 Å². The van der Waals surface area contributed by atoms with Crippen LogP contribution in [0.2, 0.25) is 0 Å². The van der Waals surface area contributed by atoms with Crippen LogP contribution in [0.25, 0.3) is 10.8 Å². The maximum Gasteiger partial charge on any atom is 0.190 e. The van der Waals surface area contributed by atoms with Gasteiger partial charge in [-0.25, -0.2) is 15.0 Å². The average molecular weight is 274 g/mol. The summed E-state index contributed by atoms with van der Waals surface area (Å²) in [4.78, 5) is 13.8. The summed E-state index contributed by atoms with van der Waals surface area (Å²) in [5, 5.41) is 6.09. The quantitative estimate of drug-likeness (QED) is 0.929.